The Morgan fingerprint density at radius 2 is 1.76 bits per heavy atom. The molecule has 0 radical (unpaired) electrons. The van der Waals surface area contributed by atoms with E-state index in [0.29, 0.717) is 11.2 Å². The third-order valence-corrected chi connectivity index (χ3v) is 5.86. The van der Waals surface area contributed by atoms with Crippen LogP contribution in [0, 0.1) is 0 Å². The number of hydrogen-bond donors (Lipinski definition) is 2. The van der Waals surface area contributed by atoms with E-state index >= 15 is 0 Å². The number of aldehydes is 1. The number of rotatable bonds is 7. The number of hydrogen-bond acceptors (Lipinski definition) is 9. The Balaban J connectivity index is 0.00000408. The largest absolute Gasteiger partial charge is 1.00 e. The molecule has 34 heavy (non-hydrogen) atoms. The van der Waals surface area contributed by atoms with Gasteiger partial charge in [-0.15, -0.1) is 0 Å². The summed E-state index contributed by atoms with van der Waals surface area (Å²) < 4.78 is 32.9. The Kier molecular flexibility index (Phi) is 8.90. The number of nitrogens with zero attached hydrogens (tertiary/aromatic N) is 3. The predicted octanol–water partition coefficient (Wildman–Crippen LogP) is -5.90. The van der Waals surface area contributed by atoms with E-state index in [9.17, 15) is 41.7 Å². The van der Waals surface area contributed by atoms with Crippen molar-refractivity contribution in [2.24, 2.45) is 0 Å². The molecule has 2 saturated heterocycles. The number of nitrogens with one attached hydrogen (secondary N) is 2. The van der Waals surface area contributed by atoms with E-state index in [1.165, 1.54) is 12.1 Å². The summed E-state index contributed by atoms with van der Waals surface area (Å²) in [6.07, 6.45) is 0.442. The molecule has 14 nitrogen and oxygen atoms in total. The second kappa shape index (κ2) is 11.1. The van der Waals surface area contributed by atoms with Gasteiger partial charge in [0.1, 0.15) is 18.4 Å². The van der Waals surface area contributed by atoms with Gasteiger partial charge in [-0.1, -0.05) is 30.3 Å². The number of β-lactam (4-membered cyclic amide) rings is 1. The topological polar surface area (TPSA) is 193 Å². The van der Waals surface area contributed by atoms with Gasteiger partial charge in [-0.05, 0) is 5.56 Å². The summed E-state index contributed by atoms with van der Waals surface area (Å²) in [6, 6.07) is 3.96. The van der Waals surface area contributed by atoms with Crippen LogP contribution in [0.15, 0.2) is 30.3 Å². The first kappa shape index (κ1) is 27.4. The minimum Gasteiger partial charge on any atom is -0.731 e. The number of imide groups is 1. The van der Waals surface area contributed by atoms with Crippen LogP contribution in [-0.2, 0) is 34.3 Å². The van der Waals surface area contributed by atoms with Crippen molar-refractivity contribution >= 4 is 46.3 Å². The third kappa shape index (κ3) is 5.79. The van der Waals surface area contributed by atoms with Crippen LogP contribution in [0.4, 0.5) is 4.79 Å². The molecule has 2 aliphatic rings. The maximum Gasteiger partial charge on any atom is 1.00 e. The number of carbonyl (C=O) groups excluding carboxylic acids is 6. The number of benzene rings is 1. The van der Waals surface area contributed by atoms with Crippen molar-refractivity contribution in [1.82, 2.24) is 24.7 Å². The number of carbonyl (C=O) groups is 6. The molecule has 2 atom stereocenters. The monoisotopic (exact) mass is 503 g/mol. The van der Waals surface area contributed by atoms with Gasteiger partial charge in [0.05, 0.1) is 13.1 Å². The Hall–Kier alpha value is -2.85. The van der Waals surface area contributed by atoms with Crippen LogP contribution >= 0.6 is 0 Å². The number of urea groups is 1. The van der Waals surface area contributed by atoms with E-state index in [4.69, 9.17) is 0 Å². The second-order valence-electron chi connectivity index (χ2n) is 7.06. The normalized spacial score (nSPS) is 19.0. The summed E-state index contributed by atoms with van der Waals surface area (Å²) in [5, 5.41) is 4.57. The van der Waals surface area contributed by atoms with Gasteiger partial charge in [0.25, 0.3) is 5.91 Å². The summed E-state index contributed by atoms with van der Waals surface area (Å²) >= 11 is 0. The number of amides is 6. The van der Waals surface area contributed by atoms with Gasteiger partial charge in [-0.2, -0.15) is 0 Å². The fraction of sp³-hybridized carbons (Fsp3) is 0.333. The zero-order valence-electron chi connectivity index (χ0n) is 17.9. The zero-order chi connectivity index (χ0) is 24.3. The molecule has 2 heterocycles. The second-order valence-corrected chi connectivity index (χ2v) is 8.35. The van der Waals surface area contributed by atoms with Crippen molar-refractivity contribution in [1.29, 1.82) is 0 Å². The molecule has 16 heteroatoms. The van der Waals surface area contributed by atoms with Crippen LogP contribution in [0.2, 0.25) is 0 Å². The molecule has 2 fully saturated rings. The van der Waals surface area contributed by atoms with Crippen molar-refractivity contribution in [2.75, 3.05) is 26.2 Å². The number of piperazine rings is 1. The SMILES string of the molecule is O=CCN1CCN(C(=O)N[C@@H](C(=O)NC2CN(S(=O)(=O)[O-])C2=O)c2ccccc2)C(=O)C1=O.[Na+]. The van der Waals surface area contributed by atoms with Crippen molar-refractivity contribution < 1.29 is 71.3 Å². The molecule has 1 aromatic rings. The van der Waals surface area contributed by atoms with Gasteiger partial charge >= 0.3 is 47.4 Å². The van der Waals surface area contributed by atoms with Crippen LogP contribution in [0.3, 0.4) is 0 Å². The average Bonchev–Trinajstić information content (AvgIpc) is 2.77. The Bertz CT molecular complexity index is 1110. The average molecular weight is 503 g/mol. The van der Waals surface area contributed by atoms with E-state index < -0.39 is 58.6 Å². The molecule has 6 amide bonds. The molecule has 0 aromatic heterocycles. The van der Waals surface area contributed by atoms with E-state index in [2.05, 4.69) is 10.6 Å². The third-order valence-electron chi connectivity index (χ3n) is 4.99. The minimum atomic E-state index is -5.00. The van der Waals surface area contributed by atoms with Crippen molar-refractivity contribution in [3.05, 3.63) is 35.9 Å². The van der Waals surface area contributed by atoms with Crippen molar-refractivity contribution in [3.63, 3.8) is 0 Å². The standard InChI is InChI=1S/C18H19N5O9S.Na/c24-9-8-21-6-7-22(17(28)16(21)27)18(29)20-13(11-4-2-1-3-5-11)14(25)19-12-10-23(15(12)26)33(30,31)32;/h1-5,9,12-13H,6-8,10H2,(H,19,25)(H,20,29)(H,30,31,32);/q;+1/p-1/t12?,13-;/m1./s1. The fourth-order valence-electron chi connectivity index (χ4n) is 3.24. The van der Waals surface area contributed by atoms with Crippen LogP contribution in [0.5, 0.6) is 0 Å². The molecule has 3 rings (SSSR count). The minimum absolute atomic E-state index is 0. The molecule has 1 aromatic carbocycles. The molecule has 0 spiro atoms. The smallest absolute Gasteiger partial charge is 0.731 e. The maximum absolute atomic E-state index is 12.8. The molecule has 0 aliphatic carbocycles. The molecule has 176 valence electrons. The summed E-state index contributed by atoms with van der Waals surface area (Å²) in [4.78, 5) is 73.9. The van der Waals surface area contributed by atoms with Gasteiger partial charge in [0.2, 0.25) is 5.91 Å². The van der Waals surface area contributed by atoms with E-state index in [-0.39, 0.29) is 59.1 Å². The zero-order valence-corrected chi connectivity index (χ0v) is 20.7. The van der Waals surface area contributed by atoms with E-state index in [1.54, 1.807) is 18.2 Å². The molecule has 0 bridgehead atoms. The van der Waals surface area contributed by atoms with Gasteiger partial charge in [-0.25, -0.2) is 17.5 Å². The Morgan fingerprint density at radius 1 is 1.12 bits per heavy atom. The Morgan fingerprint density at radius 3 is 2.32 bits per heavy atom. The molecular weight excluding hydrogens is 485 g/mol. The molecule has 1 unspecified atom stereocenters. The predicted molar refractivity (Wildman–Crippen MR) is 105 cm³/mol. The van der Waals surface area contributed by atoms with E-state index in [1.807, 2.05) is 0 Å². The van der Waals surface area contributed by atoms with Gasteiger partial charge < -0.3 is 24.9 Å². The molecule has 2 N–H and O–H groups in total. The van der Waals surface area contributed by atoms with Crippen molar-refractivity contribution in [2.45, 2.75) is 12.1 Å². The summed E-state index contributed by atoms with van der Waals surface area (Å²) in [7, 11) is -5.00. The fourth-order valence-corrected chi connectivity index (χ4v) is 3.92. The first-order valence-corrected chi connectivity index (χ1v) is 10.9. The summed E-state index contributed by atoms with van der Waals surface area (Å²) in [6.45, 7) is -1.15. The van der Waals surface area contributed by atoms with Gasteiger partial charge in [0, 0.05) is 13.1 Å². The molecule has 2 aliphatic heterocycles. The Labute approximate surface area is 215 Å². The van der Waals surface area contributed by atoms with E-state index in [0.717, 1.165) is 4.90 Å². The summed E-state index contributed by atoms with van der Waals surface area (Å²) in [5.41, 5.74) is 0.266. The maximum atomic E-state index is 12.8. The van der Waals surface area contributed by atoms with Crippen LogP contribution in [0.25, 0.3) is 0 Å². The molecular formula is C18H18N5NaO9S. The quantitative estimate of drug-likeness (QED) is 0.120. The van der Waals surface area contributed by atoms with Crippen LogP contribution < -0.4 is 40.2 Å². The first-order valence-electron chi connectivity index (χ1n) is 9.52. The van der Waals surface area contributed by atoms with Crippen LogP contribution in [-0.4, -0.2) is 95.2 Å². The first-order chi connectivity index (χ1) is 15.5. The van der Waals surface area contributed by atoms with Crippen LogP contribution in [0.1, 0.15) is 11.6 Å². The van der Waals surface area contributed by atoms with Crippen molar-refractivity contribution in [3.8, 4) is 0 Å². The van der Waals surface area contributed by atoms with Gasteiger partial charge in [-0.3, -0.25) is 24.1 Å². The van der Waals surface area contributed by atoms with Gasteiger partial charge in [0.15, 0.2) is 10.3 Å². The summed E-state index contributed by atoms with van der Waals surface area (Å²) in [5.74, 6) is -4.26. The molecule has 0 saturated carbocycles.